The molecule has 1 aliphatic heterocycles. The minimum absolute atomic E-state index is 0.114. The van der Waals surface area contributed by atoms with Crippen LogP contribution < -0.4 is 4.74 Å². The molecule has 0 bridgehead atoms. The summed E-state index contributed by atoms with van der Waals surface area (Å²) in [7, 11) is 1.26. The van der Waals surface area contributed by atoms with E-state index < -0.39 is 35.8 Å². The van der Waals surface area contributed by atoms with Crippen LogP contribution in [-0.2, 0) is 20.9 Å². The van der Waals surface area contributed by atoms with Crippen molar-refractivity contribution in [3.63, 3.8) is 0 Å². The SMILES string of the molecule is COC(=O)[C@@H]1C[C@H](Oc2cccc(-c3cccc4nn(CC(=O)O)cc34)c2)CN1C(=O)c1cnn(-c2ccc(F)cc2Cl)c1. The Balaban J connectivity index is 1.22. The Morgan fingerprint density at radius 1 is 1.09 bits per heavy atom. The van der Waals surface area contributed by atoms with Gasteiger partial charge in [-0.2, -0.15) is 10.2 Å². The van der Waals surface area contributed by atoms with Crippen LogP contribution in [0.25, 0.3) is 27.7 Å². The summed E-state index contributed by atoms with van der Waals surface area (Å²) in [6, 6.07) is 15.9. The molecule has 2 atom stereocenters. The number of hydrogen-bond donors (Lipinski definition) is 1. The number of carboxylic acids is 1. The number of carboxylic acid groups (broad SMARTS) is 1. The lowest BCUT2D eigenvalue weighted by atomic mass is 10.0. The van der Waals surface area contributed by atoms with Crippen molar-refractivity contribution in [1.82, 2.24) is 24.5 Å². The average Bonchev–Trinajstić information content (AvgIpc) is 3.74. The summed E-state index contributed by atoms with van der Waals surface area (Å²) in [6.45, 7) is -0.140. The maximum Gasteiger partial charge on any atom is 0.328 e. The lowest BCUT2D eigenvalue weighted by Crippen LogP contribution is -2.41. The van der Waals surface area contributed by atoms with Crippen LogP contribution in [-0.4, -0.2) is 73.2 Å². The number of likely N-dealkylation sites (tertiary alicyclic amines) is 1. The second-order valence-electron chi connectivity index (χ2n) is 10.2. The number of carbonyl (C=O) groups is 3. The smallest absolute Gasteiger partial charge is 0.328 e. The predicted molar refractivity (Wildman–Crippen MR) is 157 cm³/mol. The molecule has 3 aromatic carbocycles. The summed E-state index contributed by atoms with van der Waals surface area (Å²) >= 11 is 6.16. The Hall–Kier alpha value is -5.23. The number of hydrogen-bond acceptors (Lipinski definition) is 7. The van der Waals surface area contributed by atoms with E-state index in [-0.39, 0.29) is 30.1 Å². The van der Waals surface area contributed by atoms with Crippen LogP contribution in [0.1, 0.15) is 16.8 Å². The Morgan fingerprint density at radius 3 is 2.68 bits per heavy atom. The molecule has 1 fully saturated rings. The van der Waals surface area contributed by atoms with Crippen molar-refractivity contribution in [2.75, 3.05) is 13.7 Å². The van der Waals surface area contributed by atoms with Gasteiger partial charge in [-0.3, -0.25) is 14.3 Å². The molecular formula is C31H25ClFN5O6. The molecule has 0 radical (unpaired) electrons. The monoisotopic (exact) mass is 617 g/mol. The first kappa shape index (κ1) is 28.9. The number of halogens is 2. The van der Waals surface area contributed by atoms with Crippen molar-refractivity contribution in [2.45, 2.75) is 25.1 Å². The van der Waals surface area contributed by atoms with Crippen molar-refractivity contribution in [3.8, 4) is 22.6 Å². The summed E-state index contributed by atoms with van der Waals surface area (Å²) in [5.74, 6) is -1.98. The highest BCUT2D eigenvalue weighted by molar-refractivity contribution is 6.32. The van der Waals surface area contributed by atoms with E-state index in [4.69, 9.17) is 26.2 Å². The first-order chi connectivity index (χ1) is 21.2. The van der Waals surface area contributed by atoms with E-state index in [9.17, 15) is 18.8 Å². The van der Waals surface area contributed by atoms with Crippen molar-refractivity contribution < 1.29 is 33.4 Å². The van der Waals surface area contributed by atoms with Crippen LogP contribution in [0.3, 0.4) is 0 Å². The molecule has 3 heterocycles. The third-order valence-corrected chi connectivity index (χ3v) is 7.63. The van der Waals surface area contributed by atoms with E-state index in [1.807, 2.05) is 36.4 Å². The number of aromatic nitrogens is 4. The van der Waals surface area contributed by atoms with Crippen molar-refractivity contribution in [2.24, 2.45) is 0 Å². The number of nitrogens with zero attached hydrogens (tertiary/aromatic N) is 5. The summed E-state index contributed by atoms with van der Waals surface area (Å²) in [5, 5.41) is 18.6. The second kappa shape index (κ2) is 11.8. The summed E-state index contributed by atoms with van der Waals surface area (Å²) in [5.41, 5.74) is 2.93. The molecule has 1 aliphatic rings. The van der Waals surface area contributed by atoms with Gasteiger partial charge in [-0.05, 0) is 47.5 Å². The highest BCUT2D eigenvalue weighted by Crippen LogP contribution is 2.32. The third-order valence-electron chi connectivity index (χ3n) is 7.33. The van der Waals surface area contributed by atoms with E-state index >= 15 is 0 Å². The third kappa shape index (κ3) is 5.71. The Kier molecular flexibility index (Phi) is 7.75. The van der Waals surface area contributed by atoms with Gasteiger partial charge in [-0.15, -0.1) is 0 Å². The molecule has 224 valence electrons. The number of benzene rings is 3. The van der Waals surface area contributed by atoms with Gasteiger partial charge < -0.3 is 19.5 Å². The Morgan fingerprint density at radius 2 is 1.91 bits per heavy atom. The zero-order chi connectivity index (χ0) is 31.0. The van der Waals surface area contributed by atoms with Crippen LogP contribution >= 0.6 is 11.6 Å². The number of carbonyl (C=O) groups excluding carboxylic acids is 2. The van der Waals surface area contributed by atoms with Gasteiger partial charge in [0.15, 0.2) is 0 Å². The maximum atomic E-state index is 13.6. The van der Waals surface area contributed by atoms with E-state index in [1.54, 1.807) is 12.3 Å². The predicted octanol–water partition coefficient (Wildman–Crippen LogP) is 4.60. The summed E-state index contributed by atoms with van der Waals surface area (Å²) in [6.07, 6.45) is 4.20. The standard InChI is InChI=1S/C31H25ClFN5O6/c1-43-31(42)28-12-22(15-37(28)30(41)19-13-34-38(14-19)27-9-8-20(33)11-25(27)32)44-21-5-2-4-18(10-21)23-6-3-7-26-24(23)16-36(35-26)17-29(39)40/h2-11,13-14,16,22,28H,12,15,17H2,1H3,(H,39,40)/t22-,28-/m0/s1. The van der Waals surface area contributed by atoms with Gasteiger partial charge in [0.2, 0.25) is 0 Å². The first-order valence-corrected chi connectivity index (χ1v) is 13.9. The van der Waals surface area contributed by atoms with Gasteiger partial charge in [0.05, 0.1) is 41.6 Å². The molecule has 1 amide bonds. The second-order valence-corrected chi connectivity index (χ2v) is 10.6. The molecule has 11 nitrogen and oxygen atoms in total. The molecule has 0 aliphatic carbocycles. The normalized spacial score (nSPS) is 16.3. The van der Waals surface area contributed by atoms with Gasteiger partial charge in [-0.25, -0.2) is 13.9 Å². The summed E-state index contributed by atoms with van der Waals surface area (Å²) in [4.78, 5) is 38.8. The molecule has 2 aromatic heterocycles. The van der Waals surface area contributed by atoms with Gasteiger partial charge in [0.1, 0.15) is 30.3 Å². The van der Waals surface area contributed by atoms with Gasteiger partial charge in [-0.1, -0.05) is 35.9 Å². The number of amides is 1. The minimum atomic E-state index is -0.991. The average molecular weight is 618 g/mol. The van der Waals surface area contributed by atoms with Crippen LogP contribution in [0.4, 0.5) is 4.39 Å². The molecule has 1 N–H and O–H groups in total. The van der Waals surface area contributed by atoms with Crippen molar-refractivity contribution >= 4 is 40.3 Å². The number of ether oxygens (including phenoxy) is 2. The highest BCUT2D eigenvalue weighted by atomic mass is 35.5. The number of aliphatic carboxylic acids is 1. The fourth-order valence-corrected chi connectivity index (χ4v) is 5.61. The Labute approximate surface area is 255 Å². The van der Waals surface area contributed by atoms with Gasteiger partial charge >= 0.3 is 11.9 Å². The first-order valence-electron chi connectivity index (χ1n) is 13.5. The molecular weight excluding hydrogens is 593 g/mol. The zero-order valence-electron chi connectivity index (χ0n) is 23.3. The van der Waals surface area contributed by atoms with E-state index in [0.717, 1.165) is 22.6 Å². The fourth-order valence-electron chi connectivity index (χ4n) is 5.36. The quantitative estimate of drug-likeness (QED) is 0.250. The topological polar surface area (TPSA) is 129 Å². The number of methoxy groups -OCH3 is 1. The molecule has 0 saturated carbocycles. The lowest BCUT2D eigenvalue weighted by Gasteiger charge is -2.21. The lowest BCUT2D eigenvalue weighted by molar-refractivity contribution is -0.145. The minimum Gasteiger partial charge on any atom is -0.488 e. The van der Waals surface area contributed by atoms with E-state index in [0.29, 0.717) is 17.0 Å². The van der Waals surface area contributed by atoms with Gasteiger partial charge in [0.25, 0.3) is 5.91 Å². The van der Waals surface area contributed by atoms with E-state index in [1.165, 1.54) is 45.9 Å². The van der Waals surface area contributed by atoms with Crippen LogP contribution in [0, 0.1) is 5.82 Å². The molecule has 44 heavy (non-hydrogen) atoms. The Bertz CT molecular complexity index is 1910. The maximum absolute atomic E-state index is 13.6. The number of rotatable bonds is 8. The molecule has 0 unspecified atom stereocenters. The van der Waals surface area contributed by atoms with Gasteiger partial charge in [0, 0.05) is 24.2 Å². The van der Waals surface area contributed by atoms with Crippen LogP contribution in [0.15, 0.2) is 79.3 Å². The molecule has 13 heteroatoms. The fraction of sp³-hybridized carbons (Fsp3) is 0.194. The van der Waals surface area contributed by atoms with Crippen molar-refractivity contribution in [1.29, 1.82) is 0 Å². The molecule has 5 aromatic rings. The van der Waals surface area contributed by atoms with Crippen LogP contribution in [0.5, 0.6) is 5.75 Å². The van der Waals surface area contributed by atoms with Crippen LogP contribution in [0.2, 0.25) is 5.02 Å². The molecule has 0 spiro atoms. The molecule has 1 saturated heterocycles. The van der Waals surface area contributed by atoms with E-state index in [2.05, 4.69) is 10.2 Å². The summed E-state index contributed by atoms with van der Waals surface area (Å²) < 4.78 is 27.5. The number of esters is 1. The zero-order valence-corrected chi connectivity index (χ0v) is 24.0. The molecule has 6 rings (SSSR count). The van der Waals surface area contributed by atoms with Crippen molar-refractivity contribution in [3.05, 3.63) is 95.7 Å². The largest absolute Gasteiger partial charge is 0.488 e. The highest BCUT2D eigenvalue weighted by Gasteiger charge is 2.42. The number of fused-ring (bicyclic) bond motifs is 1.